The fourth-order valence-corrected chi connectivity index (χ4v) is 3.06. The Hall–Kier alpha value is -1.40. The van der Waals surface area contributed by atoms with Crippen molar-refractivity contribution in [2.24, 2.45) is 0 Å². The summed E-state index contributed by atoms with van der Waals surface area (Å²) in [7, 11) is 0. The summed E-state index contributed by atoms with van der Waals surface area (Å²) in [5.41, 5.74) is 0.192. The van der Waals surface area contributed by atoms with Crippen molar-refractivity contribution >= 4 is 5.78 Å². The molecule has 2 atom stereocenters. The topological polar surface area (TPSA) is 29.5 Å². The number of hydrogen-bond donors (Lipinski definition) is 0. The number of ether oxygens (including phenoxy) is 1. The quantitative estimate of drug-likeness (QED) is 0.841. The van der Waals surface area contributed by atoms with Crippen molar-refractivity contribution in [2.45, 2.75) is 37.6 Å². The number of halogens is 3. The van der Waals surface area contributed by atoms with Crippen LogP contribution in [0.25, 0.3) is 0 Å². The first-order chi connectivity index (χ1) is 9.93. The third-order valence-corrected chi connectivity index (χ3v) is 4.13. The number of piperidine rings is 1. The number of nitrogens with zero attached hydrogens (tertiary/aromatic N) is 1. The Morgan fingerprint density at radius 2 is 1.67 bits per heavy atom. The minimum Gasteiger partial charge on any atom is -0.378 e. The molecule has 3 rings (SSSR count). The number of Topliss-reactive ketones (excluding diaryl/α,β-unsaturated/α-hetero) is 1. The number of benzene rings is 1. The molecule has 2 aliphatic heterocycles. The summed E-state index contributed by atoms with van der Waals surface area (Å²) in [6.07, 6.45) is -3.37. The van der Waals surface area contributed by atoms with E-state index in [9.17, 15) is 18.0 Å². The first-order valence-electron chi connectivity index (χ1n) is 6.95. The molecule has 2 bridgehead atoms. The minimum absolute atomic E-state index is 0.0484. The van der Waals surface area contributed by atoms with E-state index in [0.717, 1.165) is 17.7 Å². The molecule has 0 aromatic heterocycles. The van der Waals surface area contributed by atoms with Crippen molar-refractivity contribution in [2.75, 3.05) is 13.2 Å². The van der Waals surface area contributed by atoms with Crippen LogP contribution in [0, 0.1) is 0 Å². The van der Waals surface area contributed by atoms with E-state index in [0.29, 0.717) is 32.6 Å². The van der Waals surface area contributed by atoms with Crippen molar-refractivity contribution in [3.05, 3.63) is 35.4 Å². The van der Waals surface area contributed by atoms with Gasteiger partial charge in [0.2, 0.25) is 0 Å². The number of carbonyl (C=O) groups is 1. The van der Waals surface area contributed by atoms with Gasteiger partial charge in [0.15, 0.2) is 0 Å². The Morgan fingerprint density at radius 3 is 2.19 bits per heavy atom. The Kier molecular flexibility index (Phi) is 3.75. The predicted octanol–water partition coefficient (Wildman–Crippen LogP) is 2.64. The lowest BCUT2D eigenvalue weighted by molar-refractivity contribution is -0.138. The number of fused-ring (bicyclic) bond motifs is 2. The van der Waals surface area contributed by atoms with Crippen molar-refractivity contribution in [1.29, 1.82) is 0 Å². The molecule has 0 saturated carbocycles. The Bertz CT molecular complexity index is 511. The zero-order valence-corrected chi connectivity index (χ0v) is 11.4. The molecule has 0 aliphatic carbocycles. The highest BCUT2D eigenvalue weighted by Crippen LogP contribution is 2.31. The van der Waals surface area contributed by atoms with E-state index >= 15 is 0 Å². The van der Waals surface area contributed by atoms with Crippen molar-refractivity contribution in [3.63, 3.8) is 0 Å². The van der Waals surface area contributed by atoms with E-state index in [1.165, 1.54) is 12.1 Å². The van der Waals surface area contributed by atoms with Gasteiger partial charge in [-0.2, -0.15) is 13.2 Å². The van der Waals surface area contributed by atoms with Gasteiger partial charge in [0.25, 0.3) is 0 Å². The maximum absolute atomic E-state index is 12.5. The van der Waals surface area contributed by atoms with Gasteiger partial charge in [-0.05, 0) is 17.7 Å². The van der Waals surface area contributed by atoms with Gasteiger partial charge >= 0.3 is 6.18 Å². The van der Waals surface area contributed by atoms with Gasteiger partial charge in [-0.25, -0.2) is 0 Å². The van der Waals surface area contributed by atoms with Crippen LogP contribution >= 0.6 is 0 Å². The molecule has 0 amide bonds. The lowest BCUT2D eigenvalue weighted by Crippen LogP contribution is -2.56. The number of ketones is 1. The van der Waals surface area contributed by atoms with E-state index in [2.05, 4.69) is 4.90 Å². The fourth-order valence-electron chi connectivity index (χ4n) is 3.06. The molecule has 6 heteroatoms. The van der Waals surface area contributed by atoms with E-state index < -0.39 is 11.7 Å². The highest BCUT2D eigenvalue weighted by Gasteiger charge is 2.38. The summed E-state index contributed by atoms with van der Waals surface area (Å²) in [4.78, 5) is 13.8. The second kappa shape index (κ2) is 5.42. The van der Waals surface area contributed by atoms with Crippen LogP contribution in [0.2, 0.25) is 0 Å². The fraction of sp³-hybridized carbons (Fsp3) is 0.533. The summed E-state index contributed by atoms with van der Waals surface area (Å²) in [5.74, 6) is 0.247. The SMILES string of the molecule is O=C1CC2COCC(C1)N2Cc1ccc(C(F)(F)F)cc1. The summed E-state index contributed by atoms with van der Waals surface area (Å²) < 4.78 is 43.1. The van der Waals surface area contributed by atoms with Gasteiger partial charge in [0.05, 0.1) is 18.8 Å². The monoisotopic (exact) mass is 299 g/mol. The van der Waals surface area contributed by atoms with Crippen LogP contribution in [-0.2, 0) is 22.3 Å². The molecule has 2 heterocycles. The van der Waals surface area contributed by atoms with E-state index in [-0.39, 0.29) is 17.9 Å². The molecule has 114 valence electrons. The molecule has 2 fully saturated rings. The first-order valence-corrected chi connectivity index (χ1v) is 6.95. The Balaban J connectivity index is 1.73. The molecule has 3 nitrogen and oxygen atoms in total. The molecule has 0 radical (unpaired) electrons. The van der Waals surface area contributed by atoms with Crippen molar-refractivity contribution in [3.8, 4) is 0 Å². The Labute approximate surface area is 120 Å². The highest BCUT2D eigenvalue weighted by molar-refractivity contribution is 5.80. The van der Waals surface area contributed by atoms with Crippen LogP contribution < -0.4 is 0 Å². The number of hydrogen-bond acceptors (Lipinski definition) is 3. The van der Waals surface area contributed by atoms with Crippen molar-refractivity contribution in [1.82, 2.24) is 4.90 Å². The zero-order valence-electron chi connectivity index (χ0n) is 11.4. The van der Waals surface area contributed by atoms with Gasteiger partial charge in [-0.3, -0.25) is 9.69 Å². The summed E-state index contributed by atoms with van der Waals surface area (Å²) in [6, 6.07) is 5.33. The minimum atomic E-state index is -4.31. The zero-order chi connectivity index (χ0) is 15.0. The highest BCUT2D eigenvalue weighted by atomic mass is 19.4. The van der Waals surface area contributed by atoms with Gasteiger partial charge in [0.1, 0.15) is 5.78 Å². The second-order valence-corrected chi connectivity index (χ2v) is 5.66. The molecule has 2 unspecified atom stereocenters. The molecule has 1 aromatic rings. The lowest BCUT2D eigenvalue weighted by Gasteiger charge is -2.45. The maximum Gasteiger partial charge on any atom is 0.416 e. The third-order valence-electron chi connectivity index (χ3n) is 4.13. The number of rotatable bonds is 2. The average molecular weight is 299 g/mol. The molecule has 0 N–H and O–H groups in total. The van der Waals surface area contributed by atoms with Crippen LogP contribution in [-0.4, -0.2) is 36.0 Å². The van der Waals surface area contributed by atoms with Crippen LogP contribution in [0.1, 0.15) is 24.0 Å². The van der Waals surface area contributed by atoms with Crippen LogP contribution in [0.4, 0.5) is 13.2 Å². The van der Waals surface area contributed by atoms with E-state index in [1.54, 1.807) is 0 Å². The number of alkyl halides is 3. The summed E-state index contributed by atoms with van der Waals surface area (Å²) in [6.45, 7) is 1.59. The van der Waals surface area contributed by atoms with E-state index in [1.807, 2.05) is 0 Å². The molecule has 2 aliphatic rings. The largest absolute Gasteiger partial charge is 0.416 e. The predicted molar refractivity (Wildman–Crippen MR) is 69.6 cm³/mol. The Morgan fingerprint density at radius 1 is 1.10 bits per heavy atom. The smallest absolute Gasteiger partial charge is 0.378 e. The van der Waals surface area contributed by atoms with Crippen LogP contribution in [0.15, 0.2) is 24.3 Å². The normalized spacial score (nSPS) is 26.9. The standard InChI is InChI=1S/C15H16F3NO2/c16-15(17,18)11-3-1-10(2-4-11)7-19-12-5-14(20)6-13(19)9-21-8-12/h1-4,12-13H,5-9H2. The van der Waals surface area contributed by atoms with Crippen LogP contribution in [0.3, 0.4) is 0 Å². The van der Waals surface area contributed by atoms with Gasteiger partial charge < -0.3 is 4.74 Å². The van der Waals surface area contributed by atoms with Gasteiger partial charge in [-0.1, -0.05) is 12.1 Å². The second-order valence-electron chi connectivity index (χ2n) is 5.66. The molecule has 21 heavy (non-hydrogen) atoms. The maximum atomic E-state index is 12.5. The third kappa shape index (κ3) is 3.11. The first kappa shape index (κ1) is 14.5. The van der Waals surface area contributed by atoms with E-state index in [4.69, 9.17) is 4.74 Å². The number of morpholine rings is 1. The summed E-state index contributed by atoms with van der Waals surface area (Å²) in [5, 5.41) is 0. The van der Waals surface area contributed by atoms with Gasteiger partial charge in [0, 0.05) is 31.5 Å². The van der Waals surface area contributed by atoms with Crippen molar-refractivity contribution < 1.29 is 22.7 Å². The molecule has 1 aromatic carbocycles. The molecular weight excluding hydrogens is 283 g/mol. The number of carbonyl (C=O) groups excluding carboxylic acids is 1. The molecular formula is C15H16F3NO2. The van der Waals surface area contributed by atoms with Gasteiger partial charge in [-0.15, -0.1) is 0 Å². The molecule has 2 saturated heterocycles. The summed E-state index contributed by atoms with van der Waals surface area (Å²) >= 11 is 0. The average Bonchev–Trinajstić information content (AvgIpc) is 2.39. The molecule has 0 spiro atoms. The lowest BCUT2D eigenvalue weighted by atomic mass is 9.92. The van der Waals surface area contributed by atoms with Crippen LogP contribution in [0.5, 0.6) is 0 Å².